The predicted octanol–water partition coefficient (Wildman–Crippen LogP) is -0.726. The van der Waals surface area contributed by atoms with Gasteiger partial charge in [-0.3, -0.25) is 0 Å². The third-order valence-electron chi connectivity index (χ3n) is 1.12. The fourth-order valence-corrected chi connectivity index (χ4v) is 0.625. The average molecular weight is 131 g/mol. The van der Waals surface area contributed by atoms with E-state index in [1.54, 1.807) is 0 Å². The maximum Gasteiger partial charge on any atom is 0.00461 e. The minimum absolute atomic E-state index is 0.597. The van der Waals surface area contributed by atoms with E-state index >= 15 is 0 Å². The summed E-state index contributed by atoms with van der Waals surface area (Å²) < 4.78 is 0. The monoisotopic (exact) mass is 131 g/mol. The molecule has 0 saturated carbocycles. The summed E-state index contributed by atoms with van der Waals surface area (Å²) in [4.78, 5) is 0. The summed E-state index contributed by atoms with van der Waals surface area (Å²) in [5.41, 5.74) is 9.81. The van der Waals surface area contributed by atoms with Crippen molar-refractivity contribution in [1.82, 2.24) is 5.32 Å². The van der Waals surface area contributed by atoms with Gasteiger partial charge in [0.25, 0.3) is 0 Å². The number of nitrogens with two attached hydrogens (primary N) is 2. The molecule has 0 amide bonds. The topological polar surface area (TPSA) is 64.1 Å². The summed E-state index contributed by atoms with van der Waals surface area (Å²) >= 11 is 0. The van der Waals surface area contributed by atoms with Crippen LogP contribution in [-0.2, 0) is 0 Å². The first-order chi connectivity index (χ1) is 4.41. The molecule has 5 N–H and O–H groups in total. The zero-order valence-corrected chi connectivity index (χ0v) is 5.90. The molecule has 1 saturated heterocycles. The molecular weight excluding hydrogens is 114 g/mol. The molecule has 3 nitrogen and oxygen atoms in total. The summed E-state index contributed by atoms with van der Waals surface area (Å²) in [6.07, 6.45) is 2.78. The molecule has 0 aromatic rings. The Kier molecular flexibility index (Phi) is 7.77. The molecule has 0 aromatic carbocycles. The lowest BCUT2D eigenvalue weighted by Gasteiger charge is -1.76. The molecule has 1 aliphatic rings. The Morgan fingerprint density at radius 3 is 1.56 bits per heavy atom. The average Bonchev–Trinajstić information content (AvgIpc) is 2.43. The first-order valence-electron chi connectivity index (χ1n) is 3.52. The summed E-state index contributed by atoms with van der Waals surface area (Å²) in [5.74, 6) is 0. The van der Waals surface area contributed by atoms with Crippen LogP contribution in [0.25, 0.3) is 0 Å². The third-order valence-corrected chi connectivity index (χ3v) is 1.12. The van der Waals surface area contributed by atoms with Gasteiger partial charge in [-0.15, -0.1) is 0 Å². The SMILES string of the molecule is C1CCNC1.NCCN. The van der Waals surface area contributed by atoms with Crippen LogP contribution in [-0.4, -0.2) is 26.2 Å². The van der Waals surface area contributed by atoms with Gasteiger partial charge in [0.15, 0.2) is 0 Å². The summed E-state index contributed by atoms with van der Waals surface area (Å²) in [5, 5.41) is 3.22. The fraction of sp³-hybridized carbons (Fsp3) is 1.00. The first-order valence-corrected chi connectivity index (χ1v) is 3.52. The molecule has 0 unspecified atom stereocenters. The highest BCUT2D eigenvalue weighted by Gasteiger charge is 1.93. The molecular formula is C6H17N3. The second-order valence-electron chi connectivity index (χ2n) is 2.03. The number of nitrogens with one attached hydrogen (secondary N) is 1. The van der Waals surface area contributed by atoms with Gasteiger partial charge in [-0.25, -0.2) is 0 Å². The Morgan fingerprint density at radius 2 is 1.44 bits per heavy atom. The summed E-state index contributed by atoms with van der Waals surface area (Å²) in [7, 11) is 0. The maximum absolute atomic E-state index is 4.90. The maximum atomic E-state index is 4.90. The number of rotatable bonds is 1. The van der Waals surface area contributed by atoms with Crippen LogP contribution in [0.3, 0.4) is 0 Å². The van der Waals surface area contributed by atoms with E-state index < -0.39 is 0 Å². The zero-order valence-electron chi connectivity index (χ0n) is 5.90. The van der Waals surface area contributed by atoms with Gasteiger partial charge < -0.3 is 16.8 Å². The van der Waals surface area contributed by atoms with Gasteiger partial charge in [-0.1, -0.05) is 0 Å². The van der Waals surface area contributed by atoms with Crippen LogP contribution in [0.15, 0.2) is 0 Å². The highest BCUT2D eigenvalue weighted by molar-refractivity contribution is 4.55. The van der Waals surface area contributed by atoms with E-state index in [1.165, 1.54) is 25.9 Å². The summed E-state index contributed by atoms with van der Waals surface area (Å²) in [6.45, 7) is 3.69. The normalized spacial score (nSPS) is 16.7. The van der Waals surface area contributed by atoms with Crippen molar-refractivity contribution in [2.75, 3.05) is 26.2 Å². The predicted molar refractivity (Wildman–Crippen MR) is 40.2 cm³/mol. The molecule has 0 spiro atoms. The number of hydrogen-bond donors (Lipinski definition) is 3. The van der Waals surface area contributed by atoms with Crippen molar-refractivity contribution in [3.63, 3.8) is 0 Å². The first kappa shape index (κ1) is 8.88. The quantitative estimate of drug-likeness (QED) is 0.440. The van der Waals surface area contributed by atoms with Crippen LogP contribution in [0.1, 0.15) is 12.8 Å². The zero-order chi connectivity index (χ0) is 6.95. The van der Waals surface area contributed by atoms with Crippen LogP contribution in [0.5, 0.6) is 0 Å². The second kappa shape index (κ2) is 7.88. The van der Waals surface area contributed by atoms with Crippen molar-refractivity contribution in [2.24, 2.45) is 11.5 Å². The van der Waals surface area contributed by atoms with Crippen molar-refractivity contribution < 1.29 is 0 Å². The van der Waals surface area contributed by atoms with Crippen molar-refractivity contribution in [1.29, 1.82) is 0 Å². The van der Waals surface area contributed by atoms with E-state index in [1.807, 2.05) is 0 Å². The van der Waals surface area contributed by atoms with Gasteiger partial charge in [0.1, 0.15) is 0 Å². The highest BCUT2D eigenvalue weighted by Crippen LogP contribution is 1.90. The van der Waals surface area contributed by atoms with Crippen molar-refractivity contribution in [2.45, 2.75) is 12.8 Å². The van der Waals surface area contributed by atoms with E-state index in [2.05, 4.69) is 5.32 Å². The van der Waals surface area contributed by atoms with Gasteiger partial charge in [-0.05, 0) is 25.9 Å². The molecule has 0 aliphatic carbocycles. The molecule has 56 valence electrons. The van der Waals surface area contributed by atoms with Crippen molar-refractivity contribution in [3.05, 3.63) is 0 Å². The molecule has 9 heavy (non-hydrogen) atoms. The van der Waals surface area contributed by atoms with Gasteiger partial charge in [0.2, 0.25) is 0 Å². The Hall–Kier alpha value is -0.120. The smallest absolute Gasteiger partial charge is 0.00461 e. The van der Waals surface area contributed by atoms with E-state index in [0.29, 0.717) is 13.1 Å². The third kappa shape index (κ3) is 7.88. The molecule has 1 aliphatic heterocycles. The van der Waals surface area contributed by atoms with E-state index in [0.717, 1.165) is 0 Å². The molecule has 3 heteroatoms. The Labute approximate surface area is 56.8 Å². The Balaban J connectivity index is 0.000000148. The van der Waals surface area contributed by atoms with Crippen LogP contribution >= 0.6 is 0 Å². The lowest BCUT2D eigenvalue weighted by molar-refractivity contribution is 0.857. The Bertz CT molecular complexity index is 34.0. The summed E-state index contributed by atoms with van der Waals surface area (Å²) in [6, 6.07) is 0. The van der Waals surface area contributed by atoms with Gasteiger partial charge in [0, 0.05) is 13.1 Å². The van der Waals surface area contributed by atoms with Crippen molar-refractivity contribution in [3.8, 4) is 0 Å². The fourth-order valence-electron chi connectivity index (χ4n) is 0.625. The minimum Gasteiger partial charge on any atom is -0.329 e. The van der Waals surface area contributed by atoms with Crippen LogP contribution in [0, 0.1) is 0 Å². The molecule has 0 bridgehead atoms. The molecule has 0 aromatic heterocycles. The molecule has 1 heterocycles. The standard InChI is InChI=1S/C4H9N.C2H8N2/c1-2-4-5-3-1;3-1-2-4/h5H,1-4H2;1-4H2. The van der Waals surface area contributed by atoms with E-state index in [-0.39, 0.29) is 0 Å². The highest BCUT2D eigenvalue weighted by atomic mass is 14.9. The Morgan fingerprint density at radius 1 is 1.00 bits per heavy atom. The van der Waals surface area contributed by atoms with Gasteiger partial charge in [-0.2, -0.15) is 0 Å². The van der Waals surface area contributed by atoms with Gasteiger partial charge in [0.05, 0.1) is 0 Å². The molecule has 0 radical (unpaired) electrons. The van der Waals surface area contributed by atoms with Gasteiger partial charge >= 0.3 is 0 Å². The lowest BCUT2D eigenvalue weighted by atomic mass is 10.4. The molecule has 1 rings (SSSR count). The van der Waals surface area contributed by atoms with Crippen LogP contribution in [0.4, 0.5) is 0 Å². The van der Waals surface area contributed by atoms with Crippen molar-refractivity contribution >= 4 is 0 Å². The lowest BCUT2D eigenvalue weighted by Crippen LogP contribution is -2.11. The molecule has 0 atom stereocenters. The minimum atomic E-state index is 0.597. The van der Waals surface area contributed by atoms with E-state index in [4.69, 9.17) is 11.5 Å². The van der Waals surface area contributed by atoms with Crippen LogP contribution < -0.4 is 16.8 Å². The second-order valence-corrected chi connectivity index (χ2v) is 2.03. The number of hydrogen-bond acceptors (Lipinski definition) is 3. The largest absolute Gasteiger partial charge is 0.329 e. The van der Waals surface area contributed by atoms with E-state index in [9.17, 15) is 0 Å². The van der Waals surface area contributed by atoms with Crippen LogP contribution in [0.2, 0.25) is 0 Å². The molecule has 1 fully saturated rings.